The summed E-state index contributed by atoms with van der Waals surface area (Å²) in [5, 5.41) is 7.13. The van der Waals surface area contributed by atoms with Gasteiger partial charge in [0.25, 0.3) is 0 Å². The molecule has 0 bridgehead atoms. The minimum atomic E-state index is 0.242. The van der Waals surface area contributed by atoms with Crippen LogP contribution in [-0.2, 0) is 6.54 Å². The molecule has 0 aliphatic carbocycles. The first-order chi connectivity index (χ1) is 14.1. The van der Waals surface area contributed by atoms with Crippen LogP contribution in [0.15, 0.2) is 23.2 Å². The van der Waals surface area contributed by atoms with Crippen molar-refractivity contribution in [3.05, 3.63) is 29.3 Å². The molecule has 2 fully saturated rings. The van der Waals surface area contributed by atoms with Crippen LogP contribution in [0.5, 0.6) is 5.75 Å². The lowest BCUT2D eigenvalue weighted by atomic mass is 9.84. The number of methoxy groups -OCH3 is 1. The number of guanidine groups is 1. The molecule has 29 heavy (non-hydrogen) atoms. The highest BCUT2D eigenvalue weighted by Gasteiger charge is 2.39. The maximum Gasteiger partial charge on any atom is 0.191 e. The quantitative estimate of drug-likeness (QED) is 0.567. The number of ether oxygens (including phenoxy) is 1. The number of hydrogen-bond donors (Lipinski definition) is 2. The molecule has 1 aromatic carbocycles. The molecule has 3 rings (SSSR count). The molecule has 0 unspecified atom stereocenters. The third-order valence-corrected chi connectivity index (χ3v) is 6.64. The predicted octanol–water partition coefficient (Wildman–Crippen LogP) is 2.62. The van der Waals surface area contributed by atoms with Gasteiger partial charge in [0.1, 0.15) is 5.75 Å². The van der Waals surface area contributed by atoms with Gasteiger partial charge in [-0.1, -0.05) is 18.6 Å². The lowest BCUT2D eigenvalue weighted by Crippen LogP contribution is -2.62. The van der Waals surface area contributed by atoms with Crippen molar-refractivity contribution >= 4 is 5.96 Å². The van der Waals surface area contributed by atoms with E-state index in [1.807, 2.05) is 7.05 Å². The Kier molecular flexibility index (Phi) is 7.78. The Bertz CT molecular complexity index is 676. The number of rotatable bonds is 6. The molecule has 2 heterocycles. The minimum absolute atomic E-state index is 0.242. The van der Waals surface area contributed by atoms with Gasteiger partial charge in [0.05, 0.1) is 7.11 Å². The molecular weight excluding hydrogens is 362 g/mol. The summed E-state index contributed by atoms with van der Waals surface area (Å²) in [5.41, 5.74) is 2.59. The first kappa shape index (κ1) is 21.9. The number of nitrogens with one attached hydrogen (secondary N) is 2. The lowest BCUT2D eigenvalue weighted by molar-refractivity contribution is 0.0173. The van der Waals surface area contributed by atoms with Gasteiger partial charge in [-0.05, 0) is 77.5 Å². The van der Waals surface area contributed by atoms with E-state index < -0.39 is 0 Å². The second kappa shape index (κ2) is 10.3. The van der Waals surface area contributed by atoms with E-state index in [-0.39, 0.29) is 5.54 Å². The highest BCUT2D eigenvalue weighted by molar-refractivity contribution is 5.79. The molecule has 2 aliphatic heterocycles. The second-order valence-corrected chi connectivity index (χ2v) is 8.67. The Morgan fingerprint density at radius 1 is 1.10 bits per heavy atom. The van der Waals surface area contributed by atoms with Crippen LogP contribution in [0.4, 0.5) is 0 Å². The Hall–Kier alpha value is -1.79. The fourth-order valence-corrected chi connectivity index (χ4v) is 4.65. The zero-order chi connectivity index (χ0) is 20.7. The fourth-order valence-electron chi connectivity index (χ4n) is 4.65. The number of aliphatic imine (C=N–C) groups is 1. The van der Waals surface area contributed by atoms with Gasteiger partial charge in [0, 0.05) is 31.2 Å². The van der Waals surface area contributed by atoms with E-state index in [4.69, 9.17) is 4.74 Å². The van der Waals surface area contributed by atoms with Gasteiger partial charge >= 0.3 is 0 Å². The minimum Gasteiger partial charge on any atom is -0.496 e. The van der Waals surface area contributed by atoms with E-state index in [0.29, 0.717) is 6.54 Å². The van der Waals surface area contributed by atoms with Crippen molar-refractivity contribution in [3.63, 3.8) is 0 Å². The molecule has 0 saturated carbocycles. The molecule has 162 valence electrons. The summed E-state index contributed by atoms with van der Waals surface area (Å²) in [7, 11) is 5.82. The molecule has 0 atom stereocenters. The number of nitrogens with zero attached hydrogens (tertiary/aromatic N) is 3. The van der Waals surface area contributed by atoms with Crippen molar-refractivity contribution in [2.24, 2.45) is 4.99 Å². The van der Waals surface area contributed by atoms with Crippen LogP contribution in [0.3, 0.4) is 0 Å². The summed E-state index contributed by atoms with van der Waals surface area (Å²) in [4.78, 5) is 9.69. The summed E-state index contributed by atoms with van der Waals surface area (Å²) >= 11 is 0. The second-order valence-electron chi connectivity index (χ2n) is 8.67. The van der Waals surface area contributed by atoms with Gasteiger partial charge in [-0.2, -0.15) is 0 Å². The third-order valence-electron chi connectivity index (χ3n) is 6.64. The standard InChI is InChI=1S/C23H39N5O/c1-19-8-9-20(21(16-19)29-4)17-25-22(24-2)26-18-23(10-14-27(3)15-11-23)28-12-6-5-7-13-28/h8-9,16H,5-7,10-15,17-18H2,1-4H3,(H2,24,25,26). The Morgan fingerprint density at radius 2 is 1.83 bits per heavy atom. The smallest absolute Gasteiger partial charge is 0.191 e. The average molecular weight is 402 g/mol. The van der Waals surface area contributed by atoms with Crippen LogP contribution in [-0.4, -0.2) is 75.2 Å². The molecule has 6 heteroatoms. The maximum absolute atomic E-state index is 5.54. The highest BCUT2D eigenvalue weighted by Crippen LogP contribution is 2.30. The number of likely N-dealkylation sites (tertiary alicyclic amines) is 2. The van der Waals surface area contributed by atoms with E-state index in [1.54, 1.807) is 7.11 Å². The van der Waals surface area contributed by atoms with E-state index >= 15 is 0 Å². The molecule has 6 nitrogen and oxygen atoms in total. The molecule has 1 aromatic rings. The summed E-state index contributed by atoms with van der Waals surface area (Å²) in [6.45, 7) is 8.54. The van der Waals surface area contributed by atoms with E-state index in [0.717, 1.165) is 23.8 Å². The Labute approximate surface area is 176 Å². The number of benzene rings is 1. The molecule has 2 saturated heterocycles. The number of aryl methyl sites for hydroxylation is 1. The molecule has 0 spiro atoms. The monoisotopic (exact) mass is 401 g/mol. The predicted molar refractivity (Wildman–Crippen MR) is 121 cm³/mol. The van der Waals surface area contributed by atoms with Gasteiger partial charge in [-0.15, -0.1) is 0 Å². The molecule has 0 radical (unpaired) electrons. The van der Waals surface area contributed by atoms with Gasteiger partial charge in [0.15, 0.2) is 5.96 Å². The summed E-state index contributed by atoms with van der Waals surface area (Å²) in [5.74, 6) is 1.79. The van der Waals surface area contributed by atoms with Crippen molar-refractivity contribution in [2.45, 2.75) is 51.1 Å². The third kappa shape index (κ3) is 5.64. The summed E-state index contributed by atoms with van der Waals surface area (Å²) in [6.07, 6.45) is 6.48. The van der Waals surface area contributed by atoms with Gasteiger partial charge in [-0.25, -0.2) is 0 Å². The Balaban J connectivity index is 1.61. The van der Waals surface area contributed by atoms with Crippen LogP contribution >= 0.6 is 0 Å². The van der Waals surface area contributed by atoms with Gasteiger partial charge < -0.3 is 20.3 Å². The summed E-state index contributed by atoms with van der Waals surface area (Å²) in [6, 6.07) is 6.33. The van der Waals surface area contributed by atoms with Crippen LogP contribution in [0.1, 0.15) is 43.2 Å². The normalized spacial score (nSPS) is 21.0. The van der Waals surface area contributed by atoms with Crippen LogP contribution in [0.2, 0.25) is 0 Å². The number of hydrogen-bond acceptors (Lipinski definition) is 4. The van der Waals surface area contributed by atoms with Gasteiger partial charge in [-0.3, -0.25) is 9.89 Å². The molecular formula is C23H39N5O. The van der Waals surface area contributed by atoms with Crippen molar-refractivity contribution in [1.29, 1.82) is 0 Å². The molecule has 0 aromatic heterocycles. The van der Waals surface area contributed by atoms with Crippen molar-refractivity contribution < 1.29 is 4.74 Å². The van der Waals surface area contributed by atoms with Gasteiger partial charge in [0.2, 0.25) is 0 Å². The Morgan fingerprint density at radius 3 is 2.48 bits per heavy atom. The first-order valence-electron chi connectivity index (χ1n) is 11.1. The summed E-state index contributed by atoms with van der Waals surface area (Å²) < 4.78 is 5.54. The molecule has 0 amide bonds. The largest absolute Gasteiger partial charge is 0.496 e. The van der Waals surface area contributed by atoms with Crippen LogP contribution in [0.25, 0.3) is 0 Å². The van der Waals surface area contributed by atoms with E-state index in [1.165, 1.54) is 63.8 Å². The van der Waals surface area contributed by atoms with Crippen molar-refractivity contribution in [3.8, 4) is 5.75 Å². The van der Waals surface area contributed by atoms with E-state index in [9.17, 15) is 0 Å². The first-order valence-corrected chi connectivity index (χ1v) is 11.1. The van der Waals surface area contributed by atoms with Crippen molar-refractivity contribution in [1.82, 2.24) is 20.4 Å². The lowest BCUT2D eigenvalue weighted by Gasteiger charge is -2.50. The van der Waals surface area contributed by atoms with Crippen LogP contribution < -0.4 is 15.4 Å². The van der Waals surface area contributed by atoms with E-state index in [2.05, 4.69) is 57.6 Å². The average Bonchev–Trinajstić information content (AvgIpc) is 2.76. The zero-order valence-corrected chi connectivity index (χ0v) is 18.8. The molecule has 2 aliphatic rings. The van der Waals surface area contributed by atoms with Crippen LogP contribution in [0, 0.1) is 6.92 Å². The maximum atomic E-state index is 5.54. The topological polar surface area (TPSA) is 52.1 Å². The zero-order valence-electron chi connectivity index (χ0n) is 18.8. The number of piperidine rings is 2. The van der Waals surface area contributed by atoms with Crippen molar-refractivity contribution in [2.75, 3.05) is 53.9 Å². The fraction of sp³-hybridized carbons (Fsp3) is 0.696. The highest BCUT2D eigenvalue weighted by atomic mass is 16.5. The SMILES string of the molecule is CN=C(NCc1ccc(C)cc1OC)NCC1(N2CCCCC2)CCN(C)CC1. The molecule has 2 N–H and O–H groups in total.